The smallest absolute Gasteiger partial charge is 0.341 e. The molecule has 1 aliphatic carbocycles. The van der Waals surface area contributed by atoms with Crippen molar-refractivity contribution < 1.29 is 22.8 Å². The van der Waals surface area contributed by atoms with Gasteiger partial charge in [-0.1, -0.05) is 6.58 Å². The Morgan fingerprint density at radius 1 is 1.23 bits per heavy atom. The Morgan fingerprint density at radius 3 is 2.54 bits per heavy atom. The van der Waals surface area contributed by atoms with Crippen LogP contribution in [0, 0.1) is 11.8 Å². The molecule has 3 aliphatic rings. The number of alkyl halides is 3. The lowest BCUT2D eigenvalue weighted by Gasteiger charge is -2.51. The number of carbonyl (C=O) groups is 2. The van der Waals surface area contributed by atoms with Crippen LogP contribution >= 0.6 is 0 Å². The van der Waals surface area contributed by atoms with Crippen molar-refractivity contribution in [2.75, 3.05) is 13.1 Å². The van der Waals surface area contributed by atoms with Crippen LogP contribution in [0.3, 0.4) is 0 Å². The molecule has 2 amide bonds. The third-order valence-corrected chi connectivity index (χ3v) is 6.07. The van der Waals surface area contributed by atoms with E-state index in [0.29, 0.717) is 19.3 Å². The van der Waals surface area contributed by atoms with Gasteiger partial charge in [-0.2, -0.15) is 13.2 Å². The molecule has 3 atom stereocenters. The molecule has 3 unspecified atom stereocenters. The van der Waals surface area contributed by atoms with Crippen LogP contribution in [0.25, 0.3) is 0 Å². The normalized spacial score (nSPS) is 35.6. The molecule has 3 fully saturated rings. The van der Waals surface area contributed by atoms with Gasteiger partial charge in [0.05, 0.1) is 5.92 Å². The maximum atomic E-state index is 13.0. The third kappa shape index (κ3) is 3.89. The molecule has 26 heavy (non-hydrogen) atoms. The highest BCUT2D eigenvalue weighted by Crippen LogP contribution is 2.41. The van der Waals surface area contributed by atoms with Crippen molar-refractivity contribution in [3.63, 3.8) is 0 Å². The molecule has 0 aromatic rings. The Morgan fingerprint density at radius 2 is 1.92 bits per heavy atom. The first-order chi connectivity index (χ1) is 12.3. The maximum absolute atomic E-state index is 13.0. The molecular weight excluding hydrogens is 347 g/mol. The van der Waals surface area contributed by atoms with Gasteiger partial charge in [-0.15, -0.1) is 0 Å². The summed E-state index contributed by atoms with van der Waals surface area (Å²) in [7, 11) is 0. The van der Waals surface area contributed by atoms with Crippen LogP contribution in [0.15, 0.2) is 12.7 Å². The highest BCUT2D eigenvalue weighted by molar-refractivity contribution is 5.93. The van der Waals surface area contributed by atoms with Gasteiger partial charge in [0.15, 0.2) is 0 Å². The predicted octanol–water partition coefficient (Wildman–Crippen LogP) is 1.99. The van der Waals surface area contributed by atoms with Gasteiger partial charge in [-0.25, -0.2) is 0 Å². The fourth-order valence-electron chi connectivity index (χ4n) is 4.75. The third-order valence-electron chi connectivity index (χ3n) is 6.07. The van der Waals surface area contributed by atoms with Crippen LogP contribution in [0.4, 0.5) is 13.2 Å². The second kappa shape index (κ2) is 7.58. The van der Waals surface area contributed by atoms with Gasteiger partial charge >= 0.3 is 6.18 Å². The molecule has 1 saturated carbocycles. The minimum Gasteiger partial charge on any atom is -0.341 e. The molecule has 0 radical (unpaired) electrons. The number of halogens is 3. The molecule has 0 spiro atoms. The van der Waals surface area contributed by atoms with Crippen molar-refractivity contribution in [3.05, 3.63) is 12.7 Å². The van der Waals surface area contributed by atoms with E-state index >= 15 is 0 Å². The van der Waals surface area contributed by atoms with E-state index < -0.39 is 24.0 Å². The molecule has 8 heteroatoms. The van der Waals surface area contributed by atoms with Crippen molar-refractivity contribution in [1.82, 2.24) is 15.5 Å². The summed E-state index contributed by atoms with van der Waals surface area (Å²) in [5.41, 5.74) is 0. The average Bonchev–Trinajstić information content (AvgIpc) is 2.61. The fraction of sp³-hybridized carbons (Fsp3) is 0.778. The Hall–Kier alpha value is -1.57. The van der Waals surface area contributed by atoms with Crippen molar-refractivity contribution in [1.29, 1.82) is 0 Å². The number of likely N-dealkylation sites (tertiary alicyclic amines) is 1. The molecule has 0 bridgehead atoms. The molecule has 0 aromatic heterocycles. The quantitative estimate of drug-likeness (QED) is 0.744. The number of nitrogens with one attached hydrogen (secondary N) is 2. The van der Waals surface area contributed by atoms with E-state index in [4.69, 9.17) is 0 Å². The first-order valence-electron chi connectivity index (χ1n) is 9.33. The number of fused-ring (bicyclic) bond motifs is 1. The van der Waals surface area contributed by atoms with Gasteiger partial charge in [-0.05, 0) is 57.1 Å². The summed E-state index contributed by atoms with van der Waals surface area (Å²) < 4.78 is 38.9. The average molecular weight is 373 g/mol. The van der Waals surface area contributed by atoms with E-state index in [1.54, 1.807) is 0 Å². The zero-order valence-corrected chi connectivity index (χ0v) is 14.7. The lowest BCUT2D eigenvalue weighted by atomic mass is 9.78. The van der Waals surface area contributed by atoms with Crippen molar-refractivity contribution in [2.45, 2.75) is 62.8 Å². The standard InChI is InChI=1S/C18H26F3N3O2/c1-2-16(25)23-14-9-11-10-22-8-7-15(11)24(17(14)26)13-5-3-12(4-6-13)18(19,20)21/h2,11-15,22H,1,3-10H2,(H,23,25). The largest absolute Gasteiger partial charge is 0.391 e. The SMILES string of the molecule is C=CC(=O)NC1CC2CNCCC2N(C2CCC(C(F)(F)F)CC2)C1=O. The fourth-order valence-corrected chi connectivity index (χ4v) is 4.75. The molecule has 0 aromatic carbocycles. The summed E-state index contributed by atoms with van der Waals surface area (Å²) >= 11 is 0. The number of carbonyl (C=O) groups excluding carboxylic acids is 2. The summed E-state index contributed by atoms with van der Waals surface area (Å²) in [6, 6.07) is -0.745. The summed E-state index contributed by atoms with van der Waals surface area (Å²) in [4.78, 5) is 26.5. The summed E-state index contributed by atoms with van der Waals surface area (Å²) in [6.07, 6.45) is -0.786. The van der Waals surface area contributed by atoms with Crippen molar-refractivity contribution in [2.24, 2.45) is 11.8 Å². The van der Waals surface area contributed by atoms with Crippen LogP contribution in [0.5, 0.6) is 0 Å². The van der Waals surface area contributed by atoms with Gasteiger partial charge in [0.2, 0.25) is 11.8 Å². The van der Waals surface area contributed by atoms with Gasteiger partial charge in [0, 0.05) is 18.6 Å². The molecule has 2 aliphatic heterocycles. The van der Waals surface area contributed by atoms with Crippen LogP contribution in [-0.2, 0) is 9.59 Å². The molecule has 2 saturated heterocycles. The Labute approximate surface area is 151 Å². The first kappa shape index (κ1) is 19.2. The first-order valence-corrected chi connectivity index (χ1v) is 9.33. The van der Waals surface area contributed by atoms with Gasteiger partial charge in [0.1, 0.15) is 6.04 Å². The van der Waals surface area contributed by atoms with E-state index in [-0.39, 0.29) is 36.8 Å². The monoisotopic (exact) mass is 373 g/mol. The second-order valence-electron chi connectivity index (χ2n) is 7.61. The predicted molar refractivity (Wildman–Crippen MR) is 90.2 cm³/mol. The van der Waals surface area contributed by atoms with Crippen LogP contribution in [-0.4, -0.2) is 54.1 Å². The number of amides is 2. The molecule has 3 rings (SSSR count). The van der Waals surface area contributed by atoms with Gasteiger partial charge in [0.25, 0.3) is 0 Å². The van der Waals surface area contributed by atoms with E-state index in [9.17, 15) is 22.8 Å². The number of hydrogen-bond acceptors (Lipinski definition) is 3. The van der Waals surface area contributed by atoms with E-state index in [1.165, 1.54) is 0 Å². The Bertz CT molecular complexity index is 558. The van der Waals surface area contributed by atoms with Gasteiger partial charge in [-0.3, -0.25) is 9.59 Å². The highest BCUT2D eigenvalue weighted by atomic mass is 19.4. The number of piperidine rings is 2. The lowest BCUT2D eigenvalue weighted by molar-refractivity contribution is -0.186. The number of rotatable bonds is 3. The molecular formula is C18H26F3N3O2. The molecule has 5 nitrogen and oxygen atoms in total. The molecule has 146 valence electrons. The van der Waals surface area contributed by atoms with Gasteiger partial charge < -0.3 is 15.5 Å². The van der Waals surface area contributed by atoms with Crippen molar-refractivity contribution >= 4 is 11.8 Å². The minimum absolute atomic E-state index is 0.0491. The van der Waals surface area contributed by atoms with E-state index in [0.717, 1.165) is 25.6 Å². The Balaban J connectivity index is 1.75. The van der Waals surface area contributed by atoms with Crippen LogP contribution in [0.2, 0.25) is 0 Å². The Kier molecular flexibility index (Phi) is 5.60. The number of hydrogen-bond donors (Lipinski definition) is 2. The zero-order chi connectivity index (χ0) is 18.9. The summed E-state index contributed by atoms with van der Waals surface area (Å²) in [6.45, 7) is 4.97. The highest BCUT2D eigenvalue weighted by Gasteiger charge is 2.48. The zero-order valence-electron chi connectivity index (χ0n) is 14.7. The topological polar surface area (TPSA) is 61.4 Å². The van der Waals surface area contributed by atoms with Crippen LogP contribution < -0.4 is 10.6 Å². The lowest BCUT2D eigenvalue weighted by Crippen LogP contribution is -2.65. The molecule has 2 N–H and O–H groups in total. The summed E-state index contributed by atoms with van der Waals surface area (Å²) in [5.74, 6) is -1.61. The maximum Gasteiger partial charge on any atom is 0.391 e. The van der Waals surface area contributed by atoms with Crippen molar-refractivity contribution in [3.8, 4) is 0 Å². The second-order valence-corrected chi connectivity index (χ2v) is 7.61. The van der Waals surface area contributed by atoms with E-state index in [1.807, 2.05) is 4.90 Å². The minimum atomic E-state index is -4.16. The molecule has 2 heterocycles. The van der Waals surface area contributed by atoms with E-state index in [2.05, 4.69) is 17.2 Å². The number of nitrogens with zero attached hydrogens (tertiary/aromatic N) is 1. The van der Waals surface area contributed by atoms with Crippen LogP contribution in [0.1, 0.15) is 38.5 Å². The summed E-state index contributed by atoms with van der Waals surface area (Å²) in [5, 5.41) is 6.01.